The zero-order chi connectivity index (χ0) is 21.9. The van der Waals surface area contributed by atoms with Crippen LogP contribution in [0.2, 0.25) is 0 Å². The van der Waals surface area contributed by atoms with Gasteiger partial charge in [-0.05, 0) is 48.7 Å². The molecule has 0 heterocycles. The summed E-state index contributed by atoms with van der Waals surface area (Å²) in [5.41, 5.74) is 4.88. The quantitative estimate of drug-likeness (QED) is 0.550. The molecule has 30 heavy (non-hydrogen) atoms. The second-order valence-corrected chi connectivity index (χ2v) is 7.07. The van der Waals surface area contributed by atoms with E-state index in [1.165, 1.54) is 6.07 Å². The van der Waals surface area contributed by atoms with Crippen molar-refractivity contribution in [1.29, 1.82) is 0 Å². The maximum atomic E-state index is 13.4. The van der Waals surface area contributed by atoms with E-state index in [1.807, 2.05) is 0 Å². The fourth-order valence-electron chi connectivity index (χ4n) is 2.70. The smallest absolute Gasteiger partial charge is 0.418 e. The third-order valence-corrected chi connectivity index (χ3v) is 4.60. The second kappa shape index (κ2) is 8.47. The summed E-state index contributed by atoms with van der Waals surface area (Å²) >= 11 is 0. The molecule has 0 atom stereocenters. The molecule has 0 radical (unpaired) electrons. The molecule has 0 bridgehead atoms. The van der Waals surface area contributed by atoms with Crippen molar-refractivity contribution in [2.45, 2.75) is 37.5 Å². The minimum absolute atomic E-state index is 0.228. The molecule has 2 aromatic rings. The lowest BCUT2D eigenvalue weighted by Gasteiger charge is -2.17. The van der Waals surface area contributed by atoms with E-state index in [4.69, 9.17) is 5.73 Å². The SMILES string of the molecule is NC1(C(=O)NCc2ccc(Nc3ccc(OCC(F)F)cc3C(F)(F)F)cc2)CC1. The molecule has 4 N–H and O–H groups in total. The predicted molar refractivity (Wildman–Crippen MR) is 101 cm³/mol. The van der Waals surface area contributed by atoms with Gasteiger partial charge in [0.2, 0.25) is 5.91 Å². The number of nitrogens with one attached hydrogen (secondary N) is 2. The fraction of sp³-hybridized carbons (Fsp3) is 0.350. The normalized spacial score (nSPS) is 15.0. The molecule has 0 spiro atoms. The Balaban J connectivity index is 1.68. The number of rotatable bonds is 8. The standard InChI is InChI=1S/C20H20F5N3O2/c21-17(22)11-30-14-5-6-16(15(9-14)20(23,24)25)28-13-3-1-12(2-4-13)10-27-18(29)19(26)7-8-19/h1-6,9,17,28H,7-8,10-11,26H2,(H,27,29). The van der Waals surface area contributed by atoms with E-state index in [1.54, 1.807) is 24.3 Å². The molecule has 1 aliphatic carbocycles. The van der Waals surface area contributed by atoms with Crippen LogP contribution in [0.1, 0.15) is 24.0 Å². The highest BCUT2D eigenvalue weighted by atomic mass is 19.4. The Labute approximate surface area is 169 Å². The summed E-state index contributed by atoms with van der Waals surface area (Å²) in [6.45, 7) is -0.741. The van der Waals surface area contributed by atoms with Crippen LogP contribution in [0, 0.1) is 0 Å². The fourth-order valence-corrected chi connectivity index (χ4v) is 2.70. The number of hydrogen-bond donors (Lipinski definition) is 3. The third kappa shape index (κ3) is 5.59. The lowest BCUT2D eigenvalue weighted by Crippen LogP contribution is -2.42. The highest BCUT2D eigenvalue weighted by Crippen LogP contribution is 2.38. The molecular formula is C20H20F5N3O2. The molecule has 0 aromatic heterocycles. The average Bonchev–Trinajstić information content (AvgIpc) is 3.44. The summed E-state index contributed by atoms with van der Waals surface area (Å²) in [7, 11) is 0. The minimum atomic E-state index is -4.71. The Morgan fingerprint density at radius 2 is 1.80 bits per heavy atom. The molecule has 1 saturated carbocycles. The van der Waals surface area contributed by atoms with Crippen LogP contribution in [0.25, 0.3) is 0 Å². The highest BCUT2D eigenvalue weighted by Gasteiger charge is 2.45. The number of halogens is 5. The average molecular weight is 429 g/mol. The summed E-state index contributed by atoms with van der Waals surface area (Å²) in [6.07, 6.45) is -6.21. The van der Waals surface area contributed by atoms with Gasteiger partial charge in [0.05, 0.1) is 16.8 Å². The minimum Gasteiger partial charge on any atom is -0.488 e. The Morgan fingerprint density at radius 1 is 1.13 bits per heavy atom. The number of alkyl halides is 5. The predicted octanol–water partition coefficient (Wildman–Crippen LogP) is 4.20. The van der Waals surface area contributed by atoms with Crippen molar-refractivity contribution < 1.29 is 31.5 Å². The Kier molecular flexibility index (Phi) is 6.16. The van der Waals surface area contributed by atoms with Gasteiger partial charge in [0.1, 0.15) is 12.4 Å². The second-order valence-electron chi connectivity index (χ2n) is 7.07. The van der Waals surface area contributed by atoms with E-state index in [9.17, 15) is 26.7 Å². The molecule has 2 aromatic carbocycles. The van der Waals surface area contributed by atoms with Gasteiger partial charge in [0, 0.05) is 12.2 Å². The summed E-state index contributed by atoms with van der Waals surface area (Å²) in [5.74, 6) is -0.527. The molecule has 0 aliphatic heterocycles. The molecule has 1 aliphatic rings. The summed E-state index contributed by atoms with van der Waals surface area (Å²) in [4.78, 5) is 11.8. The first-order valence-electron chi connectivity index (χ1n) is 9.12. The van der Waals surface area contributed by atoms with E-state index in [-0.39, 0.29) is 23.9 Å². The number of amides is 1. The number of hydrogen-bond acceptors (Lipinski definition) is 4. The number of carbonyl (C=O) groups excluding carboxylic acids is 1. The van der Waals surface area contributed by atoms with Crippen LogP contribution < -0.4 is 21.1 Å². The number of carbonyl (C=O) groups is 1. The highest BCUT2D eigenvalue weighted by molar-refractivity contribution is 5.88. The zero-order valence-corrected chi connectivity index (χ0v) is 15.7. The lowest BCUT2D eigenvalue weighted by molar-refractivity contribution is -0.137. The number of anilines is 2. The van der Waals surface area contributed by atoms with Crippen LogP contribution in [0.5, 0.6) is 5.75 Å². The van der Waals surface area contributed by atoms with Gasteiger partial charge < -0.3 is 21.1 Å². The van der Waals surface area contributed by atoms with E-state index < -0.39 is 30.3 Å². The monoisotopic (exact) mass is 429 g/mol. The molecule has 1 amide bonds. The van der Waals surface area contributed by atoms with Crippen LogP contribution in [-0.4, -0.2) is 24.5 Å². The first-order valence-corrected chi connectivity index (χ1v) is 9.12. The number of ether oxygens (including phenoxy) is 1. The van der Waals surface area contributed by atoms with Gasteiger partial charge >= 0.3 is 6.18 Å². The number of benzene rings is 2. The van der Waals surface area contributed by atoms with Crippen LogP contribution in [0.4, 0.5) is 33.3 Å². The molecule has 0 unspecified atom stereocenters. The van der Waals surface area contributed by atoms with Gasteiger partial charge in [0.15, 0.2) is 0 Å². The van der Waals surface area contributed by atoms with Crippen molar-refractivity contribution in [2.75, 3.05) is 11.9 Å². The lowest BCUT2D eigenvalue weighted by atomic mass is 10.1. The molecule has 5 nitrogen and oxygen atoms in total. The van der Waals surface area contributed by atoms with Crippen LogP contribution >= 0.6 is 0 Å². The van der Waals surface area contributed by atoms with Crippen molar-refractivity contribution in [3.8, 4) is 5.75 Å². The zero-order valence-electron chi connectivity index (χ0n) is 15.7. The van der Waals surface area contributed by atoms with Crippen molar-refractivity contribution in [3.63, 3.8) is 0 Å². The molecule has 1 fully saturated rings. The molecule has 3 rings (SSSR count). The van der Waals surface area contributed by atoms with Crippen LogP contribution in [0.3, 0.4) is 0 Å². The molecular weight excluding hydrogens is 409 g/mol. The van der Waals surface area contributed by atoms with Crippen LogP contribution in [-0.2, 0) is 17.5 Å². The van der Waals surface area contributed by atoms with Gasteiger partial charge in [-0.15, -0.1) is 0 Å². The van der Waals surface area contributed by atoms with Gasteiger partial charge in [0.25, 0.3) is 6.43 Å². The molecule has 0 saturated heterocycles. The summed E-state index contributed by atoms with van der Waals surface area (Å²) in [6, 6.07) is 9.43. The van der Waals surface area contributed by atoms with Crippen LogP contribution in [0.15, 0.2) is 42.5 Å². The van der Waals surface area contributed by atoms with Crippen molar-refractivity contribution in [2.24, 2.45) is 5.73 Å². The maximum absolute atomic E-state index is 13.4. The summed E-state index contributed by atoms with van der Waals surface area (Å²) < 4.78 is 69.3. The van der Waals surface area contributed by atoms with E-state index in [2.05, 4.69) is 15.4 Å². The van der Waals surface area contributed by atoms with Gasteiger partial charge in [-0.1, -0.05) is 12.1 Å². The van der Waals surface area contributed by atoms with Gasteiger partial charge in [-0.25, -0.2) is 8.78 Å². The maximum Gasteiger partial charge on any atom is 0.418 e. The molecule has 10 heteroatoms. The van der Waals surface area contributed by atoms with Crippen molar-refractivity contribution >= 4 is 17.3 Å². The Morgan fingerprint density at radius 3 is 2.37 bits per heavy atom. The first kappa shape index (κ1) is 21.8. The molecule has 162 valence electrons. The van der Waals surface area contributed by atoms with Gasteiger partial charge in [-0.3, -0.25) is 4.79 Å². The Hall–Kier alpha value is -2.88. The largest absolute Gasteiger partial charge is 0.488 e. The summed E-state index contributed by atoms with van der Waals surface area (Å²) in [5, 5.41) is 5.39. The Bertz CT molecular complexity index is 896. The first-order chi connectivity index (χ1) is 14.1. The van der Waals surface area contributed by atoms with E-state index >= 15 is 0 Å². The third-order valence-electron chi connectivity index (χ3n) is 4.60. The van der Waals surface area contributed by atoms with Crippen molar-refractivity contribution in [1.82, 2.24) is 5.32 Å². The van der Waals surface area contributed by atoms with E-state index in [0.717, 1.165) is 11.6 Å². The number of nitrogens with two attached hydrogens (primary N) is 1. The topological polar surface area (TPSA) is 76.4 Å². The van der Waals surface area contributed by atoms with E-state index in [0.29, 0.717) is 24.6 Å². The van der Waals surface area contributed by atoms with Gasteiger partial charge in [-0.2, -0.15) is 13.2 Å². The van der Waals surface area contributed by atoms with Crippen molar-refractivity contribution in [3.05, 3.63) is 53.6 Å².